The molecule has 2 aromatic rings. The van der Waals surface area contributed by atoms with Crippen LogP contribution >= 0.6 is 0 Å². The average molecular weight is 594 g/mol. The van der Waals surface area contributed by atoms with Gasteiger partial charge in [-0.3, -0.25) is 44.1 Å². The van der Waals surface area contributed by atoms with E-state index in [0.717, 1.165) is 78.5 Å². The second kappa shape index (κ2) is 11.8. The number of carbonyl (C=O) groups excluding carboxylic acids is 4. The molecule has 2 fully saturated rings. The molecule has 1 saturated heterocycles. The lowest BCUT2D eigenvalue weighted by Gasteiger charge is -2.27. The number of imide groups is 2. The number of piperidine rings is 1. The molecule has 3 aliphatic heterocycles. The highest BCUT2D eigenvalue weighted by Crippen LogP contribution is 2.36. The number of unbranched alkanes of at least 4 members (excludes halogenated alkanes) is 3. The number of aromatic nitrogens is 2. The summed E-state index contributed by atoms with van der Waals surface area (Å²) in [5.74, 6) is -1.46. The Bertz CT molecular complexity index is 1660. The van der Waals surface area contributed by atoms with Gasteiger partial charge < -0.3 is 5.32 Å². The van der Waals surface area contributed by atoms with E-state index in [1.54, 1.807) is 18.2 Å². The molecule has 0 radical (unpaired) electrons. The number of hydrogen-bond donors (Lipinski definition) is 2. The Morgan fingerprint density at radius 1 is 0.977 bits per heavy atom. The van der Waals surface area contributed by atoms with E-state index in [9.17, 15) is 19.2 Å². The van der Waals surface area contributed by atoms with Crippen LogP contribution in [0.25, 0.3) is 0 Å². The van der Waals surface area contributed by atoms with Crippen molar-refractivity contribution in [2.24, 2.45) is 15.9 Å². The molecule has 226 valence electrons. The number of hydrogen-bond acceptors (Lipinski definition) is 8. The van der Waals surface area contributed by atoms with Gasteiger partial charge in [0.25, 0.3) is 11.8 Å². The van der Waals surface area contributed by atoms with Gasteiger partial charge in [0.1, 0.15) is 6.04 Å². The number of fused-ring (bicyclic) bond motifs is 2. The Morgan fingerprint density at radius 3 is 2.66 bits per heavy atom. The van der Waals surface area contributed by atoms with Crippen LogP contribution in [0.5, 0.6) is 0 Å². The smallest absolute Gasteiger partial charge is 0.262 e. The first-order valence-electron chi connectivity index (χ1n) is 15.6. The van der Waals surface area contributed by atoms with Crippen LogP contribution in [-0.2, 0) is 16.1 Å². The summed E-state index contributed by atoms with van der Waals surface area (Å²) in [5, 5.41) is 10.2. The van der Waals surface area contributed by atoms with Crippen molar-refractivity contribution in [3.63, 3.8) is 0 Å². The third-order valence-electron chi connectivity index (χ3n) is 8.83. The molecule has 1 aromatic heterocycles. The minimum atomic E-state index is -0.959. The van der Waals surface area contributed by atoms with Crippen molar-refractivity contribution in [2.45, 2.75) is 76.4 Å². The van der Waals surface area contributed by atoms with E-state index in [4.69, 9.17) is 9.98 Å². The maximum absolute atomic E-state index is 13.0. The second-order valence-corrected chi connectivity index (χ2v) is 12.1. The Hall–Kier alpha value is -4.67. The van der Waals surface area contributed by atoms with E-state index in [1.165, 1.54) is 12.8 Å². The molecule has 11 heteroatoms. The van der Waals surface area contributed by atoms with Crippen LogP contribution in [0.2, 0.25) is 0 Å². The van der Waals surface area contributed by atoms with Crippen LogP contribution in [0, 0.1) is 5.92 Å². The standard InChI is InChI=1S/C33H35N7O4/c41-28-14-13-27(31(42)38-28)40-32(43)23-12-11-22(17-24(23)33(40)44)34-15-5-1-2-6-16-39-19-21(18-35-39)30-29(20-9-10-20)36-25-7-3-4-8-26(25)37-30/h3-4,7,11-12,17-20,26-27,34H,1-2,5-6,8-10,13-16H2,(H,38,41,42). The van der Waals surface area contributed by atoms with Crippen LogP contribution in [0.15, 0.2) is 64.5 Å². The maximum atomic E-state index is 13.0. The lowest BCUT2D eigenvalue weighted by molar-refractivity contribution is -0.136. The van der Waals surface area contributed by atoms with Crippen molar-refractivity contribution in [3.05, 3.63) is 71.2 Å². The summed E-state index contributed by atoms with van der Waals surface area (Å²) in [4.78, 5) is 60.8. The summed E-state index contributed by atoms with van der Waals surface area (Å²) in [5.41, 5.74) is 5.60. The molecule has 44 heavy (non-hydrogen) atoms. The molecule has 1 saturated carbocycles. The van der Waals surface area contributed by atoms with E-state index < -0.39 is 23.8 Å². The first kappa shape index (κ1) is 28.1. The van der Waals surface area contributed by atoms with Crippen molar-refractivity contribution >= 4 is 40.7 Å². The van der Waals surface area contributed by atoms with Crippen LogP contribution in [0.1, 0.15) is 84.1 Å². The number of carbonyl (C=O) groups is 4. The van der Waals surface area contributed by atoms with Gasteiger partial charge in [0.15, 0.2) is 0 Å². The fourth-order valence-electron chi connectivity index (χ4n) is 6.29. The second-order valence-electron chi connectivity index (χ2n) is 12.1. The number of rotatable bonds is 11. The van der Waals surface area contributed by atoms with Crippen molar-refractivity contribution in [2.75, 3.05) is 11.9 Å². The van der Waals surface area contributed by atoms with Crippen LogP contribution in [0.3, 0.4) is 0 Å². The van der Waals surface area contributed by atoms with Crippen molar-refractivity contribution in [3.8, 4) is 0 Å². The van der Waals surface area contributed by atoms with E-state index in [1.807, 2.05) is 10.9 Å². The van der Waals surface area contributed by atoms with Gasteiger partial charge >= 0.3 is 0 Å². The van der Waals surface area contributed by atoms with Crippen LogP contribution in [-0.4, -0.2) is 68.4 Å². The molecule has 7 rings (SSSR count). The lowest BCUT2D eigenvalue weighted by atomic mass is 9.98. The summed E-state index contributed by atoms with van der Waals surface area (Å²) in [6, 6.07) is 4.24. The molecule has 11 nitrogen and oxygen atoms in total. The number of aliphatic imine (C=N–C) groups is 2. The van der Waals surface area contributed by atoms with E-state index in [-0.39, 0.29) is 35.9 Å². The SMILES string of the molecule is O=C1CCC(N2C(=O)c3ccc(NCCCCCCn4cc(C5=NC6CC=CC=C6N=C5C5CC5)cn4)cc3C2=O)C(=O)N1. The number of amides is 4. The first-order chi connectivity index (χ1) is 21.5. The monoisotopic (exact) mass is 593 g/mol. The van der Waals surface area contributed by atoms with Crippen molar-refractivity contribution in [1.82, 2.24) is 20.0 Å². The van der Waals surface area contributed by atoms with Gasteiger partial charge in [0.2, 0.25) is 11.8 Å². The topological polar surface area (TPSA) is 138 Å². The Labute approximate surface area is 255 Å². The van der Waals surface area contributed by atoms with Crippen LogP contribution < -0.4 is 10.6 Å². The quantitative estimate of drug-likeness (QED) is 0.300. The Balaban J connectivity index is 0.864. The maximum Gasteiger partial charge on any atom is 0.262 e. The molecule has 0 bridgehead atoms. The minimum absolute atomic E-state index is 0.100. The molecule has 0 spiro atoms. The van der Waals surface area contributed by atoms with Crippen LogP contribution in [0.4, 0.5) is 5.69 Å². The molecule has 4 amide bonds. The molecular formula is C33H35N7O4. The van der Waals surface area contributed by atoms with Gasteiger partial charge in [-0.25, -0.2) is 0 Å². The molecule has 2 unspecified atom stereocenters. The molecular weight excluding hydrogens is 558 g/mol. The zero-order chi connectivity index (χ0) is 30.2. The fourth-order valence-corrected chi connectivity index (χ4v) is 6.29. The molecule has 1 aromatic carbocycles. The highest BCUT2D eigenvalue weighted by atomic mass is 16.2. The van der Waals surface area contributed by atoms with Gasteiger partial charge in [-0.05, 0) is 62.8 Å². The van der Waals surface area contributed by atoms with Gasteiger partial charge in [0, 0.05) is 42.9 Å². The molecule has 2 N–H and O–H groups in total. The summed E-state index contributed by atoms with van der Waals surface area (Å²) in [6.07, 6.45) is 17.9. The van der Waals surface area contributed by atoms with E-state index in [2.05, 4.69) is 40.2 Å². The number of anilines is 1. The molecule has 5 aliphatic rings. The third kappa shape index (κ3) is 5.54. The van der Waals surface area contributed by atoms with E-state index in [0.29, 0.717) is 5.92 Å². The highest BCUT2D eigenvalue weighted by Gasteiger charge is 2.44. The minimum Gasteiger partial charge on any atom is -0.385 e. The number of nitrogens with one attached hydrogen (secondary N) is 2. The fraction of sp³-hybridized carbons (Fsp3) is 0.424. The van der Waals surface area contributed by atoms with Gasteiger partial charge in [-0.1, -0.05) is 25.0 Å². The average Bonchev–Trinajstić information content (AvgIpc) is 3.72. The van der Waals surface area contributed by atoms with Gasteiger partial charge in [-0.2, -0.15) is 5.10 Å². The van der Waals surface area contributed by atoms with E-state index >= 15 is 0 Å². The summed E-state index contributed by atoms with van der Waals surface area (Å²) < 4.78 is 2.01. The third-order valence-corrected chi connectivity index (χ3v) is 8.83. The molecule has 4 heterocycles. The number of aryl methyl sites for hydroxylation is 1. The zero-order valence-corrected chi connectivity index (χ0v) is 24.5. The number of allylic oxidation sites excluding steroid dienone is 2. The molecule has 2 aliphatic carbocycles. The predicted molar refractivity (Wildman–Crippen MR) is 165 cm³/mol. The van der Waals surface area contributed by atoms with Crippen molar-refractivity contribution in [1.29, 1.82) is 0 Å². The normalized spacial score (nSPS) is 22.7. The number of benzene rings is 1. The lowest BCUT2D eigenvalue weighted by Crippen LogP contribution is -2.54. The first-order valence-corrected chi connectivity index (χ1v) is 15.6. The largest absolute Gasteiger partial charge is 0.385 e. The number of nitrogens with zero attached hydrogens (tertiary/aromatic N) is 5. The molecule has 2 atom stereocenters. The Morgan fingerprint density at radius 2 is 1.82 bits per heavy atom. The van der Waals surface area contributed by atoms with Crippen molar-refractivity contribution < 1.29 is 19.2 Å². The van der Waals surface area contributed by atoms with Gasteiger partial charge in [0.05, 0.1) is 40.5 Å². The summed E-state index contributed by atoms with van der Waals surface area (Å²) in [6.45, 7) is 1.58. The zero-order valence-electron chi connectivity index (χ0n) is 24.5. The predicted octanol–water partition coefficient (Wildman–Crippen LogP) is 3.82. The summed E-state index contributed by atoms with van der Waals surface area (Å²) >= 11 is 0. The summed E-state index contributed by atoms with van der Waals surface area (Å²) in [7, 11) is 0. The Kier molecular flexibility index (Phi) is 7.53. The highest BCUT2D eigenvalue weighted by molar-refractivity contribution is 6.50. The van der Waals surface area contributed by atoms with Gasteiger partial charge in [-0.15, -0.1) is 0 Å².